The van der Waals surface area contributed by atoms with Crippen LogP contribution in [-0.2, 0) is 12.8 Å². The Balaban J connectivity index is 2.21. The van der Waals surface area contributed by atoms with Gasteiger partial charge in [-0.05, 0) is 42.9 Å². The second-order valence-corrected chi connectivity index (χ2v) is 4.58. The van der Waals surface area contributed by atoms with E-state index in [0.717, 1.165) is 32.4 Å². The molecular weight excluding hydrogens is 210 g/mol. The lowest BCUT2D eigenvalue weighted by atomic mass is 10.1. The summed E-state index contributed by atoms with van der Waals surface area (Å²) in [5.74, 6) is 0.400. The van der Waals surface area contributed by atoms with Crippen molar-refractivity contribution in [2.75, 3.05) is 19.7 Å². The van der Waals surface area contributed by atoms with Crippen LogP contribution in [0.2, 0.25) is 0 Å². The standard InChI is InChI=1S/C15H25NO/c1-3-13-5-7-15(8-6-13)9-10-16-11-14(4-2)12-17/h5-8,14,16-17H,3-4,9-12H2,1-2H3. The van der Waals surface area contributed by atoms with Gasteiger partial charge in [-0.1, -0.05) is 38.1 Å². The molecule has 0 aliphatic rings. The Morgan fingerprint density at radius 1 is 1.12 bits per heavy atom. The fourth-order valence-electron chi connectivity index (χ4n) is 1.82. The van der Waals surface area contributed by atoms with Gasteiger partial charge in [0.25, 0.3) is 0 Å². The van der Waals surface area contributed by atoms with E-state index in [4.69, 9.17) is 5.11 Å². The first kappa shape index (κ1) is 14.2. The molecule has 2 nitrogen and oxygen atoms in total. The summed E-state index contributed by atoms with van der Waals surface area (Å²) in [7, 11) is 0. The van der Waals surface area contributed by atoms with Crippen molar-refractivity contribution in [1.82, 2.24) is 5.32 Å². The first-order chi connectivity index (χ1) is 8.30. The monoisotopic (exact) mass is 235 g/mol. The molecule has 1 aromatic carbocycles. The molecule has 1 unspecified atom stereocenters. The van der Waals surface area contributed by atoms with Crippen LogP contribution in [0.3, 0.4) is 0 Å². The molecule has 0 bridgehead atoms. The van der Waals surface area contributed by atoms with Crippen molar-refractivity contribution in [3.63, 3.8) is 0 Å². The van der Waals surface area contributed by atoms with E-state index < -0.39 is 0 Å². The van der Waals surface area contributed by atoms with Gasteiger partial charge >= 0.3 is 0 Å². The lowest BCUT2D eigenvalue weighted by molar-refractivity contribution is 0.219. The van der Waals surface area contributed by atoms with E-state index in [1.165, 1.54) is 11.1 Å². The lowest BCUT2D eigenvalue weighted by Crippen LogP contribution is -2.26. The molecule has 0 aliphatic heterocycles. The van der Waals surface area contributed by atoms with Gasteiger partial charge in [0.1, 0.15) is 0 Å². The van der Waals surface area contributed by atoms with E-state index in [1.54, 1.807) is 0 Å². The van der Waals surface area contributed by atoms with Crippen molar-refractivity contribution < 1.29 is 5.11 Å². The SMILES string of the molecule is CCc1ccc(CCNCC(CC)CO)cc1. The number of hydrogen-bond donors (Lipinski definition) is 2. The number of rotatable bonds is 8. The molecule has 0 radical (unpaired) electrons. The minimum atomic E-state index is 0.286. The molecule has 0 aliphatic carbocycles. The Labute approximate surface area is 105 Å². The third-order valence-corrected chi connectivity index (χ3v) is 3.29. The van der Waals surface area contributed by atoms with Crippen molar-refractivity contribution in [3.8, 4) is 0 Å². The number of benzene rings is 1. The molecule has 0 saturated carbocycles. The first-order valence-corrected chi connectivity index (χ1v) is 6.69. The number of aryl methyl sites for hydroxylation is 1. The van der Waals surface area contributed by atoms with Crippen LogP contribution in [0.25, 0.3) is 0 Å². The van der Waals surface area contributed by atoms with Gasteiger partial charge in [0.05, 0.1) is 0 Å². The molecule has 1 rings (SSSR count). The summed E-state index contributed by atoms with van der Waals surface area (Å²) in [6.07, 6.45) is 3.20. The zero-order valence-electron chi connectivity index (χ0n) is 11.1. The van der Waals surface area contributed by atoms with E-state index in [0.29, 0.717) is 5.92 Å². The molecule has 0 saturated heterocycles. The van der Waals surface area contributed by atoms with Gasteiger partial charge in [0.2, 0.25) is 0 Å². The van der Waals surface area contributed by atoms with Crippen LogP contribution < -0.4 is 5.32 Å². The molecule has 1 atom stereocenters. The highest BCUT2D eigenvalue weighted by molar-refractivity contribution is 5.22. The molecule has 0 heterocycles. The summed E-state index contributed by atoms with van der Waals surface area (Å²) in [5.41, 5.74) is 2.78. The van der Waals surface area contributed by atoms with Crippen LogP contribution in [0.15, 0.2) is 24.3 Å². The smallest absolute Gasteiger partial charge is 0.0471 e. The average molecular weight is 235 g/mol. The molecule has 0 spiro atoms. The molecule has 17 heavy (non-hydrogen) atoms. The Kier molecular flexibility index (Phi) is 6.90. The second kappa shape index (κ2) is 8.26. The molecule has 0 amide bonds. The Hall–Kier alpha value is -0.860. The van der Waals surface area contributed by atoms with Gasteiger partial charge in [-0.2, -0.15) is 0 Å². The van der Waals surface area contributed by atoms with Crippen LogP contribution in [0.4, 0.5) is 0 Å². The fourth-order valence-corrected chi connectivity index (χ4v) is 1.82. The predicted molar refractivity (Wildman–Crippen MR) is 73.3 cm³/mol. The highest BCUT2D eigenvalue weighted by Crippen LogP contribution is 2.05. The fraction of sp³-hybridized carbons (Fsp3) is 0.600. The molecule has 0 fully saturated rings. The Bertz CT molecular complexity index is 290. The van der Waals surface area contributed by atoms with Gasteiger partial charge < -0.3 is 10.4 Å². The van der Waals surface area contributed by atoms with Gasteiger partial charge in [-0.3, -0.25) is 0 Å². The summed E-state index contributed by atoms with van der Waals surface area (Å²) < 4.78 is 0. The first-order valence-electron chi connectivity index (χ1n) is 6.69. The zero-order chi connectivity index (χ0) is 12.5. The topological polar surface area (TPSA) is 32.3 Å². The molecule has 96 valence electrons. The predicted octanol–water partition coefficient (Wildman–Crippen LogP) is 2.40. The van der Waals surface area contributed by atoms with E-state index in [-0.39, 0.29) is 6.61 Å². The normalized spacial score (nSPS) is 12.6. The van der Waals surface area contributed by atoms with Crippen LogP contribution in [0, 0.1) is 5.92 Å². The van der Waals surface area contributed by atoms with Crippen molar-refractivity contribution >= 4 is 0 Å². The highest BCUT2D eigenvalue weighted by atomic mass is 16.3. The Morgan fingerprint density at radius 2 is 1.76 bits per heavy atom. The lowest BCUT2D eigenvalue weighted by Gasteiger charge is -2.12. The van der Waals surface area contributed by atoms with Gasteiger partial charge in [-0.15, -0.1) is 0 Å². The van der Waals surface area contributed by atoms with Crippen molar-refractivity contribution in [2.24, 2.45) is 5.92 Å². The maximum Gasteiger partial charge on any atom is 0.0471 e. The number of aliphatic hydroxyl groups excluding tert-OH is 1. The maximum absolute atomic E-state index is 9.06. The minimum absolute atomic E-state index is 0.286. The summed E-state index contributed by atoms with van der Waals surface area (Å²) in [4.78, 5) is 0. The van der Waals surface area contributed by atoms with Gasteiger partial charge in [0, 0.05) is 13.2 Å². The van der Waals surface area contributed by atoms with Crippen LogP contribution >= 0.6 is 0 Å². The average Bonchev–Trinajstić information content (AvgIpc) is 2.40. The highest BCUT2D eigenvalue weighted by Gasteiger charge is 2.02. The van der Waals surface area contributed by atoms with Crippen molar-refractivity contribution in [3.05, 3.63) is 35.4 Å². The quantitative estimate of drug-likeness (QED) is 0.678. The zero-order valence-corrected chi connectivity index (χ0v) is 11.1. The minimum Gasteiger partial charge on any atom is -0.396 e. The van der Waals surface area contributed by atoms with E-state index in [9.17, 15) is 0 Å². The van der Waals surface area contributed by atoms with Crippen LogP contribution in [0.5, 0.6) is 0 Å². The third-order valence-electron chi connectivity index (χ3n) is 3.29. The largest absolute Gasteiger partial charge is 0.396 e. The Morgan fingerprint density at radius 3 is 2.29 bits per heavy atom. The maximum atomic E-state index is 9.06. The number of aliphatic hydroxyl groups is 1. The van der Waals surface area contributed by atoms with E-state index >= 15 is 0 Å². The summed E-state index contributed by atoms with van der Waals surface area (Å²) in [6.45, 7) is 6.49. The molecule has 2 N–H and O–H groups in total. The van der Waals surface area contributed by atoms with Crippen LogP contribution in [-0.4, -0.2) is 24.8 Å². The van der Waals surface area contributed by atoms with Gasteiger partial charge in [0.15, 0.2) is 0 Å². The number of nitrogens with one attached hydrogen (secondary N) is 1. The molecular formula is C15H25NO. The number of hydrogen-bond acceptors (Lipinski definition) is 2. The summed E-state index contributed by atoms with van der Waals surface area (Å²) in [5, 5.41) is 12.5. The molecule has 0 aromatic heterocycles. The molecule has 1 aromatic rings. The summed E-state index contributed by atoms with van der Waals surface area (Å²) >= 11 is 0. The van der Waals surface area contributed by atoms with Crippen molar-refractivity contribution in [2.45, 2.75) is 33.1 Å². The van der Waals surface area contributed by atoms with Crippen LogP contribution in [0.1, 0.15) is 31.4 Å². The van der Waals surface area contributed by atoms with Gasteiger partial charge in [-0.25, -0.2) is 0 Å². The summed E-state index contributed by atoms with van der Waals surface area (Å²) in [6, 6.07) is 8.84. The van der Waals surface area contributed by atoms with E-state index in [2.05, 4.69) is 43.4 Å². The van der Waals surface area contributed by atoms with Crippen molar-refractivity contribution in [1.29, 1.82) is 0 Å². The van der Waals surface area contributed by atoms with E-state index in [1.807, 2.05) is 0 Å². The third kappa shape index (κ3) is 5.33. The second-order valence-electron chi connectivity index (χ2n) is 4.58. The molecule has 2 heteroatoms.